The van der Waals surface area contributed by atoms with Gasteiger partial charge in [-0.2, -0.15) is 0 Å². The smallest absolute Gasteiger partial charge is 0.265 e. The van der Waals surface area contributed by atoms with Crippen LogP contribution in [0.5, 0.6) is 0 Å². The maximum absolute atomic E-state index is 12.2. The molecule has 1 aromatic heterocycles. The van der Waals surface area contributed by atoms with E-state index >= 15 is 0 Å². The lowest BCUT2D eigenvalue weighted by Crippen LogP contribution is -2.39. The summed E-state index contributed by atoms with van der Waals surface area (Å²) < 4.78 is 0. The van der Waals surface area contributed by atoms with Gasteiger partial charge in [0.05, 0.1) is 5.69 Å². The molecule has 1 aromatic rings. The van der Waals surface area contributed by atoms with Gasteiger partial charge in [0.25, 0.3) is 5.91 Å². The third-order valence-corrected chi connectivity index (χ3v) is 3.70. The zero-order valence-electron chi connectivity index (χ0n) is 9.91. The lowest BCUT2D eigenvalue weighted by Gasteiger charge is -2.27. The van der Waals surface area contributed by atoms with Gasteiger partial charge in [0, 0.05) is 26.6 Å². The van der Waals surface area contributed by atoms with Crippen LogP contribution < -0.4 is 5.32 Å². The van der Waals surface area contributed by atoms with Gasteiger partial charge in [-0.05, 0) is 5.92 Å². The van der Waals surface area contributed by atoms with E-state index in [0.717, 1.165) is 35.2 Å². The number of aromatic nitrogens is 1. The van der Waals surface area contributed by atoms with Crippen molar-refractivity contribution in [2.24, 2.45) is 5.92 Å². The Morgan fingerprint density at radius 3 is 2.94 bits per heavy atom. The van der Waals surface area contributed by atoms with Crippen LogP contribution in [0.25, 0.3) is 0 Å². The molecule has 0 radical (unpaired) electrons. The molecule has 0 spiro atoms. The van der Waals surface area contributed by atoms with Gasteiger partial charge < -0.3 is 10.2 Å². The molecule has 16 heavy (non-hydrogen) atoms. The van der Waals surface area contributed by atoms with Crippen molar-refractivity contribution in [2.45, 2.75) is 20.3 Å². The zero-order valence-corrected chi connectivity index (χ0v) is 10.7. The second-order valence-corrected chi connectivity index (χ2v) is 5.44. The van der Waals surface area contributed by atoms with E-state index in [0.29, 0.717) is 5.92 Å². The molecule has 1 N–H and O–H groups in total. The van der Waals surface area contributed by atoms with Crippen LogP contribution in [0, 0.1) is 5.92 Å². The number of hydrogen-bond acceptors (Lipinski definition) is 4. The van der Waals surface area contributed by atoms with Gasteiger partial charge in [-0.3, -0.25) is 4.79 Å². The minimum Gasteiger partial charge on any atom is -0.365 e. The number of rotatable bonds is 3. The van der Waals surface area contributed by atoms with Crippen LogP contribution in [0.4, 0.5) is 5.13 Å². The van der Waals surface area contributed by atoms with Gasteiger partial charge in [0.1, 0.15) is 4.88 Å². The molecule has 1 amide bonds. The standard InChI is InChI=1S/C11H17N3OS/c1-7(2)6-14-5-4-8-9(10(14)15)16-11(12-3)13-8/h7H,4-6H2,1-3H3,(H,12,13). The van der Waals surface area contributed by atoms with E-state index in [2.05, 4.69) is 24.1 Å². The maximum atomic E-state index is 12.2. The van der Waals surface area contributed by atoms with Crippen LogP contribution in [0.2, 0.25) is 0 Å². The van der Waals surface area contributed by atoms with Crippen molar-refractivity contribution in [1.82, 2.24) is 9.88 Å². The highest BCUT2D eigenvalue weighted by atomic mass is 32.1. The minimum atomic E-state index is 0.147. The molecule has 0 fully saturated rings. The molecular weight excluding hydrogens is 222 g/mol. The number of carbonyl (C=O) groups is 1. The molecule has 0 bridgehead atoms. The van der Waals surface area contributed by atoms with E-state index in [4.69, 9.17) is 0 Å². The fourth-order valence-corrected chi connectivity index (χ4v) is 2.83. The largest absolute Gasteiger partial charge is 0.365 e. The van der Waals surface area contributed by atoms with Crippen LogP contribution in [0.15, 0.2) is 0 Å². The van der Waals surface area contributed by atoms with Gasteiger partial charge in [-0.1, -0.05) is 25.2 Å². The molecule has 0 saturated carbocycles. The van der Waals surface area contributed by atoms with Gasteiger partial charge in [0.15, 0.2) is 5.13 Å². The van der Waals surface area contributed by atoms with E-state index in [1.807, 2.05) is 11.9 Å². The molecule has 0 unspecified atom stereocenters. The normalized spacial score (nSPS) is 15.5. The molecule has 2 heterocycles. The van der Waals surface area contributed by atoms with E-state index in [9.17, 15) is 4.79 Å². The first-order valence-electron chi connectivity index (χ1n) is 5.58. The number of amides is 1. The lowest BCUT2D eigenvalue weighted by molar-refractivity contribution is 0.0724. The van der Waals surface area contributed by atoms with E-state index in [1.54, 1.807) is 0 Å². The van der Waals surface area contributed by atoms with Crippen LogP contribution >= 0.6 is 11.3 Å². The van der Waals surface area contributed by atoms with E-state index in [1.165, 1.54) is 11.3 Å². The highest BCUT2D eigenvalue weighted by molar-refractivity contribution is 7.17. The minimum absolute atomic E-state index is 0.147. The van der Waals surface area contributed by atoms with Crippen LogP contribution in [0.1, 0.15) is 29.2 Å². The summed E-state index contributed by atoms with van der Waals surface area (Å²) in [6, 6.07) is 0. The number of nitrogens with one attached hydrogen (secondary N) is 1. The van der Waals surface area contributed by atoms with Crippen LogP contribution in [0.3, 0.4) is 0 Å². The fraction of sp³-hybridized carbons (Fsp3) is 0.636. The topological polar surface area (TPSA) is 45.2 Å². The Balaban J connectivity index is 2.21. The number of thiazole rings is 1. The van der Waals surface area contributed by atoms with Crippen molar-refractivity contribution in [3.05, 3.63) is 10.6 Å². The van der Waals surface area contributed by atoms with Gasteiger partial charge in [-0.15, -0.1) is 0 Å². The molecule has 1 aliphatic heterocycles. The predicted molar refractivity (Wildman–Crippen MR) is 66.1 cm³/mol. The Labute approximate surface area is 99.7 Å². The average molecular weight is 239 g/mol. The molecule has 0 atom stereocenters. The first-order valence-corrected chi connectivity index (χ1v) is 6.40. The molecule has 88 valence electrons. The van der Waals surface area contributed by atoms with Gasteiger partial charge >= 0.3 is 0 Å². The zero-order chi connectivity index (χ0) is 11.7. The summed E-state index contributed by atoms with van der Waals surface area (Å²) in [7, 11) is 1.83. The van der Waals surface area contributed by atoms with Crippen molar-refractivity contribution >= 4 is 22.4 Å². The quantitative estimate of drug-likeness (QED) is 0.875. The highest BCUT2D eigenvalue weighted by Gasteiger charge is 2.28. The number of hydrogen-bond donors (Lipinski definition) is 1. The fourth-order valence-electron chi connectivity index (χ4n) is 1.90. The molecule has 4 nitrogen and oxygen atoms in total. The second-order valence-electron chi connectivity index (χ2n) is 4.44. The first kappa shape index (κ1) is 11.4. The molecule has 0 aliphatic carbocycles. The van der Waals surface area contributed by atoms with Crippen LogP contribution in [-0.2, 0) is 6.42 Å². The van der Waals surface area contributed by atoms with Crippen LogP contribution in [-0.4, -0.2) is 35.9 Å². The van der Waals surface area contributed by atoms with Crippen molar-refractivity contribution in [3.63, 3.8) is 0 Å². The predicted octanol–water partition coefficient (Wildman–Crippen LogP) is 1.84. The molecule has 0 aromatic carbocycles. The van der Waals surface area contributed by atoms with Gasteiger partial charge in [0.2, 0.25) is 0 Å². The Kier molecular flexibility index (Phi) is 3.14. The third-order valence-electron chi connectivity index (χ3n) is 2.60. The molecule has 0 saturated heterocycles. The van der Waals surface area contributed by atoms with Crippen molar-refractivity contribution < 1.29 is 4.79 Å². The third kappa shape index (κ3) is 2.04. The van der Waals surface area contributed by atoms with E-state index < -0.39 is 0 Å². The maximum Gasteiger partial charge on any atom is 0.265 e. The molecule has 5 heteroatoms. The Hall–Kier alpha value is -1.10. The Morgan fingerprint density at radius 1 is 1.56 bits per heavy atom. The van der Waals surface area contributed by atoms with Crippen molar-refractivity contribution in [1.29, 1.82) is 0 Å². The van der Waals surface area contributed by atoms with E-state index in [-0.39, 0.29) is 5.91 Å². The Morgan fingerprint density at radius 2 is 2.31 bits per heavy atom. The molecular formula is C11H17N3OS. The highest BCUT2D eigenvalue weighted by Crippen LogP contribution is 2.28. The summed E-state index contributed by atoms with van der Waals surface area (Å²) in [5, 5.41) is 3.83. The summed E-state index contributed by atoms with van der Waals surface area (Å²) in [4.78, 5) is 19.3. The lowest BCUT2D eigenvalue weighted by atomic mass is 10.1. The summed E-state index contributed by atoms with van der Waals surface area (Å²) >= 11 is 1.46. The number of fused-ring (bicyclic) bond motifs is 1. The SMILES string of the molecule is CNc1nc2c(s1)C(=O)N(CC(C)C)CC2. The summed E-state index contributed by atoms with van der Waals surface area (Å²) in [5.74, 6) is 0.663. The van der Waals surface area contributed by atoms with Crippen molar-refractivity contribution in [3.8, 4) is 0 Å². The Bertz CT molecular complexity index is 400. The molecule has 2 rings (SSSR count). The summed E-state index contributed by atoms with van der Waals surface area (Å²) in [5.41, 5.74) is 0.958. The number of carbonyl (C=O) groups excluding carboxylic acids is 1. The number of nitrogens with zero attached hydrogens (tertiary/aromatic N) is 2. The molecule has 1 aliphatic rings. The summed E-state index contributed by atoms with van der Waals surface area (Å²) in [6.07, 6.45) is 0.881. The average Bonchev–Trinajstić information content (AvgIpc) is 2.65. The number of anilines is 1. The second kappa shape index (κ2) is 4.41. The first-order chi connectivity index (χ1) is 7.61. The summed E-state index contributed by atoms with van der Waals surface area (Å²) in [6.45, 7) is 5.91. The van der Waals surface area contributed by atoms with Gasteiger partial charge in [-0.25, -0.2) is 4.98 Å². The monoisotopic (exact) mass is 239 g/mol. The van der Waals surface area contributed by atoms with Crippen molar-refractivity contribution in [2.75, 3.05) is 25.5 Å².